The van der Waals surface area contributed by atoms with Gasteiger partial charge in [0.05, 0.1) is 21.3 Å². The van der Waals surface area contributed by atoms with E-state index in [9.17, 15) is 17.6 Å². The molecule has 0 saturated heterocycles. The Hall–Kier alpha value is -2.32. The van der Waals surface area contributed by atoms with Crippen LogP contribution in [0.1, 0.15) is 6.92 Å². The summed E-state index contributed by atoms with van der Waals surface area (Å²) < 4.78 is 45.6. The zero-order chi connectivity index (χ0) is 17.5. The van der Waals surface area contributed by atoms with Crippen molar-refractivity contribution in [1.29, 1.82) is 0 Å². The number of hydrogen-bond acceptors (Lipinski definition) is 4. The van der Waals surface area contributed by atoms with Gasteiger partial charge in [0.2, 0.25) is 0 Å². The van der Waals surface area contributed by atoms with E-state index in [1.807, 2.05) is 0 Å². The predicted octanol–water partition coefficient (Wildman–Crippen LogP) is 3.00. The Morgan fingerprint density at radius 2 is 2.00 bits per heavy atom. The lowest BCUT2D eigenvalue weighted by molar-refractivity contribution is -0.122. The van der Waals surface area contributed by atoms with Crippen molar-refractivity contribution in [3.8, 4) is 5.75 Å². The molecule has 1 aliphatic heterocycles. The number of anilines is 2. The van der Waals surface area contributed by atoms with Crippen molar-refractivity contribution in [3.05, 3.63) is 47.2 Å². The van der Waals surface area contributed by atoms with Crippen LogP contribution in [0.15, 0.2) is 41.3 Å². The van der Waals surface area contributed by atoms with Crippen molar-refractivity contribution in [2.75, 3.05) is 10.0 Å². The van der Waals surface area contributed by atoms with E-state index < -0.39 is 21.9 Å². The highest BCUT2D eigenvalue weighted by Crippen LogP contribution is 2.33. The number of rotatable bonds is 3. The number of fused-ring (bicyclic) bond motifs is 1. The largest absolute Gasteiger partial charge is 0.479 e. The lowest BCUT2D eigenvalue weighted by atomic mass is 10.2. The van der Waals surface area contributed by atoms with E-state index in [1.165, 1.54) is 12.1 Å². The average Bonchev–Trinajstić information content (AvgIpc) is 2.51. The van der Waals surface area contributed by atoms with Crippen LogP contribution < -0.4 is 14.8 Å². The highest BCUT2D eigenvalue weighted by molar-refractivity contribution is 7.92. The summed E-state index contributed by atoms with van der Waals surface area (Å²) in [6.45, 7) is 1.60. The summed E-state index contributed by atoms with van der Waals surface area (Å²) in [5, 5.41) is 2.33. The SMILES string of the molecule is C[C@@H]1Oc2ccc(NS(=O)(=O)c3ccc(F)c(Cl)c3)cc2NC1=O. The molecule has 0 bridgehead atoms. The molecule has 3 rings (SSSR count). The summed E-state index contributed by atoms with van der Waals surface area (Å²) in [5.41, 5.74) is 0.572. The van der Waals surface area contributed by atoms with Gasteiger partial charge in [0, 0.05) is 0 Å². The van der Waals surface area contributed by atoms with Crippen molar-refractivity contribution in [2.24, 2.45) is 0 Å². The molecule has 24 heavy (non-hydrogen) atoms. The van der Waals surface area contributed by atoms with Gasteiger partial charge in [0.15, 0.2) is 6.10 Å². The van der Waals surface area contributed by atoms with E-state index in [0.717, 1.165) is 18.2 Å². The fourth-order valence-electron chi connectivity index (χ4n) is 2.13. The summed E-state index contributed by atoms with van der Waals surface area (Å²) >= 11 is 5.62. The van der Waals surface area contributed by atoms with Crippen LogP contribution in [-0.4, -0.2) is 20.4 Å². The van der Waals surface area contributed by atoms with Crippen LogP contribution in [0.3, 0.4) is 0 Å². The first kappa shape index (κ1) is 16.5. The van der Waals surface area contributed by atoms with Gasteiger partial charge in [-0.2, -0.15) is 0 Å². The maximum absolute atomic E-state index is 13.2. The number of carbonyl (C=O) groups is 1. The standard InChI is InChI=1S/C15H12ClFN2O4S/c1-8-15(20)18-13-6-9(2-5-14(13)23-8)19-24(21,22)10-3-4-12(17)11(16)7-10/h2-8,19H,1H3,(H,18,20)/t8-/m0/s1. The lowest BCUT2D eigenvalue weighted by Crippen LogP contribution is -2.34. The van der Waals surface area contributed by atoms with E-state index in [0.29, 0.717) is 11.4 Å². The van der Waals surface area contributed by atoms with Gasteiger partial charge < -0.3 is 10.1 Å². The predicted molar refractivity (Wildman–Crippen MR) is 87.4 cm³/mol. The molecule has 0 saturated carbocycles. The van der Waals surface area contributed by atoms with Gasteiger partial charge in [0.25, 0.3) is 15.9 Å². The van der Waals surface area contributed by atoms with Gasteiger partial charge in [-0.3, -0.25) is 9.52 Å². The molecule has 0 radical (unpaired) electrons. The molecule has 6 nitrogen and oxygen atoms in total. The van der Waals surface area contributed by atoms with Crippen LogP contribution >= 0.6 is 11.6 Å². The fourth-order valence-corrected chi connectivity index (χ4v) is 3.45. The van der Waals surface area contributed by atoms with Crippen molar-refractivity contribution in [3.63, 3.8) is 0 Å². The Labute approximate surface area is 142 Å². The van der Waals surface area contributed by atoms with Gasteiger partial charge in [-0.25, -0.2) is 12.8 Å². The van der Waals surface area contributed by atoms with Gasteiger partial charge in [-0.1, -0.05) is 11.6 Å². The minimum Gasteiger partial charge on any atom is -0.479 e. The van der Waals surface area contributed by atoms with Crippen molar-refractivity contribution >= 4 is 38.9 Å². The Morgan fingerprint density at radius 3 is 2.71 bits per heavy atom. The quantitative estimate of drug-likeness (QED) is 0.869. The van der Waals surface area contributed by atoms with E-state index in [4.69, 9.17) is 16.3 Å². The average molecular weight is 371 g/mol. The van der Waals surface area contributed by atoms with E-state index >= 15 is 0 Å². The molecule has 9 heteroatoms. The Bertz CT molecular complexity index is 933. The van der Waals surface area contributed by atoms with Gasteiger partial charge in [0.1, 0.15) is 11.6 Å². The Balaban J connectivity index is 1.89. The molecule has 0 fully saturated rings. The summed E-state index contributed by atoms with van der Waals surface area (Å²) in [4.78, 5) is 11.4. The number of sulfonamides is 1. The third-order valence-electron chi connectivity index (χ3n) is 3.36. The second-order valence-corrected chi connectivity index (χ2v) is 7.23. The Morgan fingerprint density at radius 1 is 1.25 bits per heavy atom. The summed E-state index contributed by atoms with van der Waals surface area (Å²) in [5.74, 6) is -0.596. The van der Waals surface area contributed by atoms with Gasteiger partial charge in [-0.15, -0.1) is 0 Å². The third kappa shape index (κ3) is 3.15. The molecule has 2 N–H and O–H groups in total. The first-order valence-corrected chi connectivity index (χ1v) is 8.72. The van der Waals surface area contributed by atoms with Crippen LogP contribution in [-0.2, 0) is 14.8 Å². The second kappa shape index (κ2) is 5.95. The van der Waals surface area contributed by atoms with Crippen LogP contribution in [0, 0.1) is 5.82 Å². The minimum absolute atomic E-state index is 0.180. The summed E-state index contributed by atoms with van der Waals surface area (Å²) in [6.07, 6.45) is -0.624. The molecule has 1 atom stereocenters. The molecule has 2 aromatic carbocycles. The highest BCUT2D eigenvalue weighted by Gasteiger charge is 2.24. The smallest absolute Gasteiger partial charge is 0.265 e. The van der Waals surface area contributed by atoms with Crippen LogP contribution in [0.4, 0.5) is 15.8 Å². The van der Waals surface area contributed by atoms with Gasteiger partial charge in [-0.05, 0) is 43.3 Å². The number of amides is 1. The highest BCUT2D eigenvalue weighted by atomic mass is 35.5. The maximum atomic E-state index is 13.2. The van der Waals surface area contributed by atoms with Crippen LogP contribution in [0.25, 0.3) is 0 Å². The number of ether oxygens (including phenoxy) is 1. The van der Waals surface area contributed by atoms with Gasteiger partial charge >= 0.3 is 0 Å². The van der Waals surface area contributed by atoms with Crippen molar-refractivity contribution < 1.29 is 22.3 Å². The van der Waals surface area contributed by atoms with E-state index in [2.05, 4.69) is 10.0 Å². The first-order chi connectivity index (χ1) is 11.3. The number of benzene rings is 2. The normalized spacial score (nSPS) is 16.8. The minimum atomic E-state index is -3.96. The van der Waals surface area contributed by atoms with E-state index in [1.54, 1.807) is 13.0 Å². The number of nitrogens with one attached hydrogen (secondary N) is 2. The second-order valence-electron chi connectivity index (χ2n) is 5.14. The molecule has 0 aromatic heterocycles. The molecule has 2 aromatic rings. The summed E-state index contributed by atoms with van der Waals surface area (Å²) in [7, 11) is -3.96. The van der Waals surface area contributed by atoms with Crippen molar-refractivity contribution in [1.82, 2.24) is 0 Å². The van der Waals surface area contributed by atoms with Crippen LogP contribution in [0.2, 0.25) is 5.02 Å². The molecule has 0 aliphatic carbocycles. The van der Waals surface area contributed by atoms with E-state index in [-0.39, 0.29) is 21.5 Å². The lowest BCUT2D eigenvalue weighted by Gasteiger charge is -2.23. The zero-order valence-corrected chi connectivity index (χ0v) is 13.9. The maximum Gasteiger partial charge on any atom is 0.265 e. The third-order valence-corrected chi connectivity index (χ3v) is 5.03. The summed E-state index contributed by atoms with van der Waals surface area (Å²) in [6, 6.07) is 7.56. The number of carbonyl (C=O) groups excluding carboxylic acids is 1. The molecule has 1 heterocycles. The first-order valence-electron chi connectivity index (χ1n) is 6.86. The molecular formula is C15H12ClFN2O4S. The zero-order valence-electron chi connectivity index (χ0n) is 12.3. The fraction of sp³-hybridized carbons (Fsp3) is 0.133. The number of hydrogen-bond donors (Lipinski definition) is 2. The van der Waals surface area contributed by atoms with Crippen molar-refractivity contribution in [2.45, 2.75) is 17.9 Å². The monoisotopic (exact) mass is 370 g/mol. The molecule has 1 aliphatic rings. The molecule has 0 unspecified atom stereocenters. The molecule has 1 amide bonds. The molecule has 126 valence electrons. The molecule has 0 spiro atoms. The van der Waals surface area contributed by atoms with Crippen LogP contribution in [0.5, 0.6) is 5.75 Å². The number of halogens is 2. The topological polar surface area (TPSA) is 84.5 Å². The Kier molecular flexibility index (Phi) is 4.10. The molecular weight excluding hydrogens is 359 g/mol.